The van der Waals surface area contributed by atoms with Crippen LogP contribution in [0.2, 0.25) is 0 Å². The van der Waals surface area contributed by atoms with Crippen LogP contribution >= 0.6 is 0 Å². The van der Waals surface area contributed by atoms with Crippen molar-refractivity contribution in [2.75, 3.05) is 11.9 Å². The van der Waals surface area contributed by atoms with Crippen molar-refractivity contribution in [2.24, 2.45) is 0 Å². The van der Waals surface area contributed by atoms with Crippen LogP contribution in [0.5, 0.6) is 0 Å². The van der Waals surface area contributed by atoms with Gasteiger partial charge in [0.15, 0.2) is 0 Å². The zero-order chi connectivity index (χ0) is 25.1. The largest absolute Gasteiger partial charge is 0.394 e. The van der Waals surface area contributed by atoms with E-state index < -0.39 is 43.2 Å². The Morgan fingerprint density at radius 3 is 2.46 bits per heavy atom. The molecule has 2 aromatic carbocycles. The predicted octanol–water partition coefficient (Wildman–Crippen LogP) is 1.19. The van der Waals surface area contributed by atoms with Crippen molar-refractivity contribution < 1.29 is 35.1 Å². The number of benzene rings is 2. The first-order chi connectivity index (χ1) is 16.8. The SMILES string of the molecule is Cc1cc(-c2cccc(C(=O)Nc3ccccn3)c2)ccc1[C@@H](O)[C@H]1O[C@H](CO)[C@@H](O)[C@H](O)[C@@H]1O. The van der Waals surface area contributed by atoms with Gasteiger partial charge in [-0.25, -0.2) is 4.98 Å². The smallest absolute Gasteiger partial charge is 0.256 e. The van der Waals surface area contributed by atoms with Crippen LogP contribution in [0.1, 0.15) is 27.6 Å². The second-order valence-electron chi connectivity index (χ2n) is 8.56. The molecule has 0 spiro atoms. The molecule has 0 aliphatic carbocycles. The molecule has 9 heteroatoms. The van der Waals surface area contributed by atoms with Gasteiger partial charge in [-0.15, -0.1) is 0 Å². The molecule has 3 aromatic rings. The van der Waals surface area contributed by atoms with Crippen LogP contribution in [0.15, 0.2) is 66.9 Å². The highest BCUT2D eigenvalue weighted by molar-refractivity contribution is 6.04. The Balaban J connectivity index is 1.54. The molecular weight excluding hydrogens is 452 g/mol. The molecule has 1 aliphatic rings. The molecule has 9 nitrogen and oxygen atoms in total. The maximum atomic E-state index is 12.6. The number of rotatable bonds is 6. The second-order valence-corrected chi connectivity index (χ2v) is 8.56. The molecule has 1 saturated heterocycles. The van der Waals surface area contributed by atoms with Gasteiger partial charge in [0.2, 0.25) is 0 Å². The molecule has 1 aromatic heterocycles. The molecule has 0 bridgehead atoms. The highest BCUT2D eigenvalue weighted by Gasteiger charge is 2.46. The lowest BCUT2D eigenvalue weighted by atomic mass is 9.87. The number of aryl methyl sites for hydroxylation is 1. The highest BCUT2D eigenvalue weighted by Crippen LogP contribution is 2.33. The zero-order valence-electron chi connectivity index (χ0n) is 19.0. The number of nitrogens with one attached hydrogen (secondary N) is 1. The summed E-state index contributed by atoms with van der Waals surface area (Å²) < 4.78 is 5.50. The van der Waals surface area contributed by atoms with Crippen molar-refractivity contribution in [2.45, 2.75) is 43.5 Å². The third-order valence-electron chi connectivity index (χ3n) is 6.19. The van der Waals surface area contributed by atoms with Crippen LogP contribution in [0, 0.1) is 6.92 Å². The predicted molar refractivity (Wildman–Crippen MR) is 128 cm³/mol. The van der Waals surface area contributed by atoms with Gasteiger partial charge < -0.3 is 35.6 Å². The van der Waals surface area contributed by atoms with Gasteiger partial charge in [0.05, 0.1) is 6.61 Å². The molecule has 4 rings (SSSR count). The summed E-state index contributed by atoms with van der Waals surface area (Å²) in [6.07, 6.45) is -6.68. The van der Waals surface area contributed by atoms with Crippen LogP contribution in [-0.4, -0.2) is 73.6 Å². The number of aliphatic hydroxyl groups is 5. The summed E-state index contributed by atoms with van der Waals surface area (Å²) in [6, 6.07) is 17.6. The first-order valence-corrected chi connectivity index (χ1v) is 11.2. The third-order valence-corrected chi connectivity index (χ3v) is 6.19. The average Bonchev–Trinajstić information content (AvgIpc) is 2.88. The zero-order valence-corrected chi connectivity index (χ0v) is 19.0. The number of aliphatic hydroxyl groups excluding tert-OH is 5. The Morgan fingerprint density at radius 1 is 1.00 bits per heavy atom. The number of aromatic nitrogens is 1. The van der Waals surface area contributed by atoms with Crippen molar-refractivity contribution >= 4 is 11.7 Å². The summed E-state index contributed by atoms with van der Waals surface area (Å²) in [5.74, 6) is 0.155. The average molecular weight is 481 g/mol. The lowest BCUT2D eigenvalue weighted by molar-refractivity contribution is -0.250. The van der Waals surface area contributed by atoms with Crippen molar-refractivity contribution in [3.63, 3.8) is 0 Å². The van der Waals surface area contributed by atoms with Crippen molar-refractivity contribution in [1.82, 2.24) is 4.98 Å². The lowest BCUT2D eigenvalue weighted by Crippen LogP contribution is -2.59. The van der Waals surface area contributed by atoms with Crippen LogP contribution in [0.3, 0.4) is 0 Å². The Morgan fingerprint density at radius 2 is 1.77 bits per heavy atom. The van der Waals surface area contributed by atoms with E-state index in [0.717, 1.165) is 11.1 Å². The Bertz CT molecular complexity index is 1170. The van der Waals surface area contributed by atoms with E-state index in [1.54, 1.807) is 61.7 Å². The summed E-state index contributed by atoms with van der Waals surface area (Å²) in [5.41, 5.74) is 3.20. The molecule has 1 fully saturated rings. The van der Waals surface area contributed by atoms with Crippen LogP contribution < -0.4 is 5.32 Å². The fourth-order valence-electron chi connectivity index (χ4n) is 4.22. The van der Waals surface area contributed by atoms with E-state index in [-0.39, 0.29) is 5.91 Å². The van der Waals surface area contributed by atoms with Gasteiger partial charge in [-0.05, 0) is 53.4 Å². The summed E-state index contributed by atoms with van der Waals surface area (Å²) in [5, 5.41) is 53.4. The second kappa shape index (κ2) is 10.6. The summed E-state index contributed by atoms with van der Waals surface area (Å²) in [6.45, 7) is 1.21. The number of anilines is 1. The van der Waals surface area contributed by atoms with E-state index in [1.807, 2.05) is 12.1 Å². The molecule has 35 heavy (non-hydrogen) atoms. The molecule has 184 valence electrons. The number of carbonyl (C=O) groups excluding carboxylic acids is 1. The number of hydrogen-bond donors (Lipinski definition) is 6. The van der Waals surface area contributed by atoms with Gasteiger partial charge in [-0.3, -0.25) is 4.79 Å². The first kappa shape index (κ1) is 24.9. The molecule has 0 unspecified atom stereocenters. The van der Waals surface area contributed by atoms with Gasteiger partial charge in [0.1, 0.15) is 42.4 Å². The van der Waals surface area contributed by atoms with E-state index in [0.29, 0.717) is 22.5 Å². The van der Waals surface area contributed by atoms with E-state index in [1.165, 1.54) is 0 Å². The molecule has 1 aliphatic heterocycles. The van der Waals surface area contributed by atoms with E-state index >= 15 is 0 Å². The topological polar surface area (TPSA) is 152 Å². The fourth-order valence-corrected chi connectivity index (χ4v) is 4.22. The van der Waals surface area contributed by atoms with Gasteiger partial charge in [0, 0.05) is 11.8 Å². The summed E-state index contributed by atoms with van der Waals surface area (Å²) in [7, 11) is 0. The standard InChI is InChI=1S/C26H28N2O7/c1-14-11-16(15-5-4-6-17(12-15)26(34)28-20-7-2-3-10-27-20)8-9-18(14)21(30)25-24(33)23(32)22(31)19(13-29)35-25/h2-12,19,21-25,29-33H,13H2,1H3,(H,27,28,34)/t19-,21-,22-,23+,24+,25-/m1/s1. The van der Waals surface area contributed by atoms with Crippen LogP contribution in [0.25, 0.3) is 11.1 Å². The minimum absolute atomic E-state index is 0.295. The Kier molecular flexibility index (Phi) is 7.56. The highest BCUT2D eigenvalue weighted by atomic mass is 16.6. The van der Waals surface area contributed by atoms with E-state index in [2.05, 4.69) is 10.3 Å². The number of amides is 1. The number of hydrogen-bond acceptors (Lipinski definition) is 8. The summed E-state index contributed by atoms with van der Waals surface area (Å²) in [4.78, 5) is 16.7. The molecular formula is C26H28N2O7. The fraction of sp³-hybridized carbons (Fsp3) is 0.308. The van der Waals surface area contributed by atoms with Crippen LogP contribution in [0.4, 0.5) is 5.82 Å². The van der Waals surface area contributed by atoms with Crippen molar-refractivity contribution in [3.8, 4) is 11.1 Å². The molecule has 2 heterocycles. The monoisotopic (exact) mass is 480 g/mol. The van der Waals surface area contributed by atoms with Gasteiger partial charge >= 0.3 is 0 Å². The summed E-state index contributed by atoms with van der Waals surface area (Å²) >= 11 is 0. The number of nitrogens with zero attached hydrogens (tertiary/aromatic N) is 1. The lowest BCUT2D eigenvalue weighted by Gasteiger charge is -2.42. The Labute approximate surface area is 202 Å². The maximum absolute atomic E-state index is 12.6. The molecule has 0 radical (unpaired) electrons. The van der Waals surface area contributed by atoms with Crippen molar-refractivity contribution in [3.05, 3.63) is 83.6 Å². The third kappa shape index (κ3) is 5.25. The molecule has 0 saturated carbocycles. The minimum atomic E-state index is -1.57. The first-order valence-electron chi connectivity index (χ1n) is 11.2. The number of ether oxygens (including phenoxy) is 1. The van der Waals surface area contributed by atoms with Gasteiger partial charge in [-0.1, -0.05) is 36.4 Å². The van der Waals surface area contributed by atoms with E-state index in [4.69, 9.17) is 4.74 Å². The molecule has 6 atom stereocenters. The molecule has 6 N–H and O–H groups in total. The quantitative estimate of drug-likeness (QED) is 0.308. The number of carbonyl (C=O) groups is 1. The van der Waals surface area contributed by atoms with E-state index in [9.17, 15) is 30.3 Å². The van der Waals surface area contributed by atoms with Gasteiger partial charge in [0.25, 0.3) is 5.91 Å². The number of pyridine rings is 1. The Hall–Kier alpha value is -3.18. The molecule has 1 amide bonds. The van der Waals surface area contributed by atoms with Crippen molar-refractivity contribution in [1.29, 1.82) is 0 Å². The van der Waals surface area contributed by atoms with Gasteiger partial charge in [-0.2, -0.15) is 0 Å². The van der Waals surface area contributed by atoms with Crippen LogP contribution in [-0.2, 0) is 4.74 Å². The maximum Gasteiger partial charge on any atom is 0.256 e. The minimum Gasteiger partial charge on any atom is -0.394 e. The normalized spacial score (nSPS) is 25.1.